The van der Waals surface area contributed by atoms with Gasteiger partial charge in [0.1, 0.15) is 5.82 Å². The van der Waals surface area contributed by atoms with Crippen LogP contribution in [0.1, 0.15) is 67.9 Å². The van der Waals surface area contributed by atoms with Crippen LogP contribution in [-0.2, 0) is 6.42 Å². The number of aromatic nitrogens is 1. The molecule has 1 amide bonds. The Kier molecular flexibility index (Phi) is 5.39. The smallest absolute Gasteiger partial charge is 0.251 e. The Morgan fingerprint density at radius 1 is 1.30 bits per heavy atom. The molecule has 4 nitrogen and oxygen atoms in total. The molecular weight excluding hydrogens is 250 g/mol. The lowest BCUT2D eigenvalue weighted by molar-refractivity contribution is 0.0933. The zero-order valence-electron chi connectivity index (χ0n) is 12.3. The van der Waals surface area contributed by atoms with E-state index in [1.165, 1.54) is 25.7 Å². The number of amides is 1. The van der Waals surface area contributed by atoms with E-state index in [2.05, 4.69) is 17.2 Å². The van der Waals surface area contributed by atoms with Crippen LogP contribution in [0.15, 0.2) is 12.1 Å². The summed E-state index contributed by atoms with van der Waals surface area (Å²) in [5.74, 6) is 0.422. The molecule has 0 atom stereocenters. The Labute approximate surface area is 121 Å². The molecule has 110 valence electrons. The maximum absolute atomic E-state index is 12.3. The Morgan fingerprint density at radius 2 is 2.00 bits per heavy atom. The molecule has 0 aromatic carbocycles. The first kappa shape index (κ1) is 14.8. The van der Waals surface area contributed by atoms with Crippen molar-refractivity contribution in [1.29, 1.82) is 0 Å². The second-order valence-electron chi connectivity index (χ2n) is 5.68. The Balaban J connectivity index is 2.04. The minimum Gasteiger partial charge on any atom is -0.384 e. The average molecular weight is 275 g/mol. The average Bonchev–Trinajstić information content (AvgIpc) is 2.67. The van der Waals surface area contributed by atoms with Gasteiger partial charge in [-0.05, 0) is 31.4 Å². The summed E-state index contributed by atoms with van der Waals surface area (Å²) in [5.41, 5.74) is 7.34. The van der Waals surface area contributed by atoms with E-state index in [1.807, 2.05) is 6.07 Å². The number of anilines is 1. The summed E-state index contributed by atoms with van der Waals surface area (Å²) in [6, 6.07) is 3.85. The van der Waals surface area contributed by atoms with Gasteiger partial charge in [-0.2, -0.15) is 0 Å². The molecule has 2 rings (SSSR count). The number of pyridine rings is 1. The largest absolute Gasteiger partial charge is 0.384 e. The molecule has 0 saturated heterocycles. The van der Waals surface area contributed by atoms with Gasteiger partial charge in [-0.3, -0.25) is 4.79 Å². The summed E-state index contributed by atoms with van der Waals surface area (Å²) >= 11 is 0. The Bertz CT molecular complexity index is 451. The van der Waals surface area contributed by atoms with E-state index in [4.69, 9.17) is 5.73 Å². The van der Waals surface area contributed by atoms with Gasteiger partial charge in [-0.15, -0.1) is 0 Å². The lowest BCUT2D eigenvalue weighted by Crippen LogP contribution is -2.34. The topological polar surface area (TPSA) is 68.0 Å². The number of nitrogen functional groups attached to an aromatic ring is 1. The van der Waals surface area contributed by atoms with Crippen molar-refractivity contribution in [2.75, 3.05) is 5.73 Å². The maximum Gasteiger partial charge on any atom is 0.251 e. The molecule has 0 radical (unpaired) electrons. The van der Waals surface area contributed by atoms with Crippen molar-refractivity contribution in [3.8, 4) is 0 Å². The standard InChI is InChI=1S/C16H25N3O/c1-2-7-14-10-12(11-15(17)18-14)16(20)19-13-8-5-3-4-6-9-13/h10-11,13H,2-9H2,1H3,(H2,17,18)(H,19,20). The highest BCUT2D eigenvalue weighted by Gasteiger charge is 2.16. The quantitative estimate of drug-likeness (QED) is 0.830. The van der Waals surface area contributed by atoms with E-state index in [9.17, 15) is 4.79 Å². The van der Waals surface area contributed by atoms with Crippen molar-refractivity contribution in [3.05, 3.63) is 23.4 Å². The van der Waals surface area contributed by atoms with E-state index in [-0.39, 0.29) is 5.91 Å². The van der Waals surface area contributed by atoms with Gasteiger partial charge in [0.2, 0.25) is 0 Å². The highest BCUT2D eigenvalue weighted by atomic mass is 16.1. The summed E-state index contributed by atoms with van der Waals surface area (Å²) in [6.45, 7) is 2.09. The monoisotopic (exact) mass is 275 g/mol. The lowest BCUT2D eigenvalue weighted by Gasteiger charge is -2.16. The van der Waals surface area contributed by atoms with Gasteiger partial charge in [0.15, 0.2) is 0 Å². The van der Waals surface area contributed by atoms with Crippen LogP contribution in [0.2, 0.25) is 0 Å². The summed E-state index contributed by atoms with van der Waals surface area (Å²) in [5, 5.41) is 3.15. The van der Waals surface area contributed by atoms with Crippen LogP contribution in [0.3, 0.4) is 0 Å². The molecule has 1 fully saturated rings. The number of carbonyl (C=O) groups excluding carboxylic acids is 1. The van der Waals surface area contributed by atoms with Gasteiger partial charge >= 0.3 is 0 Å². The van der Waals surface area contributed by atoms with Crippen LogP contribution < -0.4 is 11.1 Å². The van der Waals surface area contributed by atoms with Crippen LogP contribution in [0.5, 0.6) is 0 Å². The molecule has 0 unspecified atom stereocenters. The second kappa shape index (κ2) is 7.27. The number of hydrogen-bond donors (Lipinski definition) is 2. The van der Waals surface area contributed by atoms with Gasteiger partial charge in [0, 0.05) is 17.3 Å². The van der Waals surface area contributed by atoms with Gasteiger partial charge in [-0.1, -0.05) is 39.0 Å². The number of nitrogens with zero attached hydrogens (tertiary/aromatic N) is 1. The van der Waals surface area contributed by atoms with Crippen molar-refractivity contribution in [1.82, 2.24) is 10.3 Å². The first-order valence-corrected chi connectivity index (χ1v) is 7.76. The van der Waals surface area contributed by atoms with Gasteiger partial charge in [-0.25, -0.2) is 4.98 Å². The molecule has 0 bridgehead atoms. The van der Waals surface area contributed by atoms with Crippen molar-refractivity contribution >= 4 is 11.7 Å². The summed E-state index contributed by atoms with van der Waals surface area (Å²) < 4.78 is 0. The summed E-state index contributed by atoms with van der Waals surface area (Å²) in [7, 11) is 0. The van der Waals surface area contributed by atoms with Crippen molar-refractivity contribution < 1.29 is 4.79 Å². The molecule has 1 aliphatic carbocycles. The first-order chi connectivity index (χ1) is 9.69. The summed E-state index contributed by atoms with van der Waals surface area (Å²) in [6.07, 6.45) is 9.04. The predicted octanol–water partition coefficient (Wildman–Crippen LogP) is 3.07. The van der Waals surface area contributed by atoms with E-state index >= 15 is 0 Å². The number of nitrogens with two attached hydrogens (primary N) is 1. The molecule has 1 heterocycles. The Hall–Kier alpha value is -1.58. The maximum atomic E-state index is 12.3. The fraction of sp³-hybridized carbons (Fsp3) is 0.625. The Morgan fingerprint density at radius 3 is 2.65 bits per heavy atom. The molecule has 4 heteroatoms. The fourth-order valence-corrected chi connectivity index (χ4v) is 2.82. The highest BCUT2D eigenvalue weighted by molar-refractivity contribution is 5.95. The zero-order valence-corrected chi connectivity index (χ0v) is 12.3. The van der Waals surface area contributed by atoms with E-state index < -0.39 is 0 Å². The van der Waals surface area contributed by atoms with Crippen molar-refractivity contribution in [2.45, 2.75) is 64.3 Å². The zero-order chi connectivity index (χ0) is 14.4. The van der Waals surface area contributed by atoms with Gasteiger partial charge in [0.05, 0.1) is 0 Å². The fourth-order valence-electron chi connectivity index (χ4n) is 2.82. The number of rotatable bonds is 4. The molecular formula is C16H25N3O. The van der Waals surface area contributed by atoms with E-state index in [0.717, 1.165) is 31.4 Å². The van der Waals surface area contributed by atoms with E-state index in [0.29, 0.717) is 17.4 Å². The molecule has 0 aliphatic heterocycles. The molecule has 1 aromatic rings. The molecule has 1 aliphatic rings. The van der Waals surface area contributed by atoms with Crippen LogP contribution in [0.4, 0.5) is 5.82 Å². The second-order valence-corrected chi connectivity index (χ2v) is 5.68. The molecule has 3 N–H and O–H groups in total. The third-order valence-corrected chi connectivity index (χ3v) is 3.86. The van der Waals surface area contributed by atoms with Crippen molar-refractivity contribution in [3.63, 3.8) is 0 Å². The SMILES string of the molecule is CCCc1cc(C(=O)NC2CCCCCC2)cc(N)n1. The van der Waals surface area contributed by atoms with Gasteiger partial charge in [0.25, 0.3) is 5.91 Å². The van der Waals surface area contributed by atoms with Crippen LogP contribution in [0, 0.1) is 0 Å². The first-order valence-electron chi connectivity index (χ1n) is 7.76. The van der Waals surface area contributed by atoms with Gasteiger partial charge < -0.3 is 11.1 Å². The third-order valence-electron chi connectivity index (χ3n) is 3.86. The van der Waals surface area contributed by atoms with Crippen LogP contribution >= 0.6 is 0 Å². The molecule has 20 heavy (non-hydrogen) atoms. The predicted molar refractivity (Wildman–Crippen MR) is 81.6 cm³/mol. The minimum absolute atomic E-state index is 0.0108. The number of nitrogens with one attached hydrogen (secondary N) is 1. The molecule has 1 aromatic heterocycles. The normalized spacial score (nSPS) is 16.6. The van der Waals surface area contributed by atoms with Crippen LogP contribution in [-0.4, -0.2) is 16.9 Å². The number of carbonyl (C=O) groups is 1. The highest BCUT2D eigenvalue weighted by Crippen LogP contribution is 2.18. The van der Waals surface area contributed by atoms with E-state index in [1.54, 1.807) is 6.07 Å². The summed E-state index contributed by atoms with van der Waals surface area (Å²) in [4.78, 5) is 16.6. The number of aryl methyl sites for hydroxylation is 1. The number of hydrogen-bond acceptors (Lipinski definition) is 3. The van der Waals surface area contributed by atoms with Crippen molar-refractivity contribution in [2.24, 2.45) is 0 Å². The molecule has 1 saturated carbocycles. The third kappa shape index (κ3) is 4.22. The minimum atomic E-state index is -0.0108. The van der Waals surface area contributed by atoms with Crippen LogP contribution in [0.25, 0.3) is 0 Å². The molecule has 0 spiro atoms. The lowest BCUT2D eigenvalue weighted by atomic mass is 10.1.